The average molecular weight is 158 g/mol. The number of halogens is 2. The molecule has 0 rings (SSSR count). The number of nitrogens with zero attached hydrogens (tertiary/aromatic N) is 1. The second-order valence-corrected chi connectivity index (χ2v) is 2.58. The summed E-state index contributed by atoms with van der Waals surface area (Å²) in [6.45, 7) is -0.363. The molecule has 0 heterocycles. The van der Waals surface area contributed by atoms with Gasteiger partial charge in [0.25, 0.3) is 0 Å². The second-order valence-electron chi connectivity index (χ2n) is 1.38. The Morgan fingerprint density at radius 2 is 2.33 bits per heavy atom. The van der Waals surface area contributed by atoms with Gasteiger partial charge in [0.15, 0.2) is 6.80 Å². The molecule has 0 aliphatic carbocycles. The van der Waals surface area contributed by atoms with Crippen molar-refractivity contribution < 1.29 is 17.6 Å². The molecule has 0 amide bonds. The Labute approximate surface area is 53.9 Å². The summed E-state index contributed by atoms with van der Waals surface area (Å²) in [5, 5.41) is -1.82. The van der Waals surface area contributed by atoms with Gasteiger partial charge < -0.3 is 4.55 Å². The van der Waals surface area contributed by atoms with Crippen LogP contribution in [0.4, 0.5) is 8.87 Å². The molecule has 0 radical (unpaired) electrons. The van der Waals surface area contributed by atoms with Gasteiger partial charge in [-0.3, -0.25) is 4.21 Å². The minimum Gasteiger partial charge on any atom is -0.771 e. The van der Waals surface area contributed by atoms with E-state index in [1.165, 1.54) is 0 Å². The van der Waals surface area contributed by atoms with Crippen LogP contribution >= 0.6 is 0 Å². The lowest BCUT2D eigenvalue weighted by Gasteiger charge is -2.18. The summed E-state index contributed by atoms with van der Waals surface area (Å²) in [5.41, 5.74) is 0. The lowest BCUT2D eigenvalue weighted by atomic mass is 10.7. The third-order valence-corrected chi connectivity index (χ3v) is 1.57. The molecule has 0 bridgehead atoms. The molecule has 0 aliphatic heterocycles. The highest BCUT2D eigenvalue weighted by molar-refractivity contribution is 7.79. The summed E-state index contributed by atoms with van der Waals surface area (Å²) in [6, 6.07) is 0. The SMILES string of the molecule is CC(N(F)CF)S(=O)[O-]. The summed E-state index contributed by atoms with van der Waals surface area (Å²) in [4.78, 5) is 0. The Kier molecular flexibility index (Phi) is 3.83. The van der Waals surface area contributed by atoms with Crippen LogP contribution in [0.25, 0.3) is 0 Å². The van der Waals surface area contributed by atoms with E-state index in [2.05, 4.69) is 0 Å². The topological polar surface area (TPSA) is 43.4 Å². The van der Waals surface area contributed by atoms with Gasteiger partial charge in [-0.2, -0.15) is 0 Å². The van der Waals surface area contributed by atoms with E-state index in [0.717, 1.165) is 6.92 Å². The largest absolute Gasteiger partial charge is 0.771 e. The van der Waals surface area contributed by atoms with E-state index < -0.39 is 28.4 Å². The van der Waals surface area contributed by atoms with Gasteiger partial charge in [-0.1, -0.05) is 0 Å². The maximum Gasteiger partial charge on any atom is 0.171 e. The van der Waals surface area contributed by atoms with Gasteiger partial charge in [0, 0.05) is 0 Å². The lowest BCUT2D eigenvalue weighted by molar-refractivity contribution is -0.0262. The molecule has 0 spiro atoms. The van der Waals surface area contributed by atoms with E-state index in [1.54, 1.807) is 0 Å². The summed E-state index contributed by atoms with van der Waals surface area (Å²) in [5.74, 6) is 0. The van der Waals surface area contributed by atoms with Crippen LogP contribution in [0.3, 0.4) is 0 Å². The highest BCUT2D eigenvalue weighted by Crippen LogP contribution is 2.01. The third kappa shape index (κ3) is 2.83. The Hall–Kier alpha value is -0.0700. The van der Waals surface area contributed by atoms with Crippen molar-refractivity contribution in [2.24, 2.45) is 0 Å². The van der Waals surface area contributed by atoms with Crippen molar-refractivity contribution >= 4 is 11.1 Å². The van der Waals surface area contributed by atoms with Crippen LogP contribution in [-0.2, 0) is 11.1 Å². The Morgan fingerprint density at radius 1 is 1.89 bits per heavy atom. The molecule has 0 saturated carbocycles. The molecular weight excluding hydrogens is 152 g/mol. The minimum atomic E-state index is -2.58. The smallest absolute Gasteiger partial charge is 0.171 e. The molecule has 3 nitrogen and oxygen atoms in total. The monoisotopic (exact) mass is 158 g/mol. The first-order valence-electron chi connectivity index (χ1n) is 2.16. The normalized spacial score (nSPS) is 17.9. The van der Waals surface area contributed by atoms with Gasteiger partial charge in [0.05, 0.1) is 0 Å². The molecule has 0 aromatic rings. The van der Waals surface area contributed by atoms with E-state index in [1.807, 2.05) is 0 Å². The summed E-state index contributed by atoms with van der Waals surface area (Å²) in [6.07, 6.45) is 0. The highest BCUT2D eigenvalue weighted by Gasteiger charge is 2.11. The Bertz CT molecular complexity index is 112. The van der Waals surface area contributed by atoms with Crippen LogP contribution in [-0.4, -0.2) is 26.1 Å². The predicted molar refractivity (Wildman–Crippen MR) is 27.3 cm³/mol. The fourth-order valence-electron chi connectivity index (χ4n) is 0.191. The van der Waals surface area contributed by atoms with Gasteiger partial charge >= 0.3 is 0 Å². The zero-order valence-electron chi connectivity index (χ0n) is 4.71. The average Bonchev–Trinajstić information content (AvgIpc) is 1.84. The van der Waals surface area contributed by atoms with Crippen LogP contribution in [0, 0.1) is 0 Å². The quantitative estimate of drug-likeness (QED) is 0.337. The van der Waals surface area contributed by atoms with Crippen LogP contribution in [0.15, 0.2) is 0 Å². The lowest BCUT2D eigenvalue weighted by Crippen LogP contribution is -2.28. The van der Waals surface area contributed by atoms with Gasteiger partial charge in [-0.05, 0) is 18.0 Å². The highest BCUT2D eigenvalue weighted by atomic mass is 32.2. The van der Waals surface area contributed by atoms with Crippen molar-refractivity contribution in [1.29, 1.82) is 0 Å². The van der Waals surface area contributed by atoms with Crippen molar-refractivity contribution in [3.05, 3.63) is 0 Å². The molecule has 0 fully saturated rings. The van der Waals surface area contributed by atoms with Crippen molar-refractivity contribution in [3.8, 4) is 0 Å². The van der Waals surface area contributed by atoms with E-state index in [9.17, 15) is 17.6 Å². The van der Waals surface area contributed by atoms with E-state index in [4.69, 9.17) is 0 Å². The molecule has 0 aromatic carbocycles. The first-order valence-corrected chi connectivity index (χ1v) is 3.30. The molecule has 2 atom stereocenters. The van der Waals surface area contributed by atoms with Crippen LogP contribution in [0.5, 0.6) is 0 Å². The van der Waals surface area contributed by atoms with Crippen LogP contribution in [0.2, 0.25) is 0 Å². The standard InChI is InChI=1S/C3H7F2NO2S/c1-3(9(7)8)6(5)2-4/h3H,2H2,1H3,(H,7,8)/p-1. The first-order chi connectivity index (χ1) is 4.09. The molecular formula is C3H6F2NO2S-. The molecule has 6 heteroatoms. The second kappa shape index (κ2) is 3.86. The van der Waals surface area contributed by atoms with E-state index >= 15 is 0 Å². The van der Waals surface area contributed by atoms with Crippen molar-refractivity contribution in [2.75, 3.05) is 6.80 Å². The van der Waals surface area contributed by atoms with Crippen molar-refractivity contribution in [2.45, 2.75) is 12.3 Å². The maximum absolute atomic E-state index is 11.8. The fraction of sp³-hybridized carbons (Fsp3) is 1.00. The number of hydrogen-bond donors (Lipinski definition) is 0. The zero-order valence-corrected chi connectivity index (χ0v) is 5.53. The summed E-state index contributed by atoms with van der Waals surface area (Å²) in [7, 11) is 0. The van der Waals surface area contributed by atoms with Gasteiger partial charge in [-0.25, -0.2) is 4.39 Å². The molecule has 0 saturated heterocycles. The van der Waals surface area contributed by atoms with Crippen molar-refractivity contribution in [3.63, 3.8) is 0 Å². The fourth-order valence-corrected chi connectivity index (χ4v) is 0.434. The molecule has 56 valence electrons. The molecule has 9 heavy (non-hydrogen) atoms. The van der Waals surface area contributed by atoms with Gasteiger partial charge in [0.2, 0.25) is 0 Å². The van der Waals surface area contributed by atoms with Gasteiger partial charge in [0.1, 0.15) is 5.37 Å². The van der Waals surface area contributed by atoms with E-state index in [0.29, 0.717) is 0 Å². The zero-order chi connectivity index (χ0) is 7.44. The third-order valence-electron chi connectivity index (χ3n) is 0.787. The number of hydrogen-bond acceptors (Lipinski definition) is 3. The van der Waals surface area contributed by atoms with E-state index in [-0.39, 0.29) is 0 Å². The summed E-state index contributed by atoms with van der Waals surface area (Å²) < 4.78 is 42.8. The predicted octanol–water partition coefficient (Wildman–Crippen LogP) is 0.325. The molecule has 0 aromatic heterocycles. The molecule has 2 unspecified atom stereocenters. The minimum absolute atomic E-state index is 0.414. The number of rotatable bonds is 3. The first kappa shape index (κ1) is 8.93. The number of alkyl halides is 1. The molecule has 0 N–H and O–H groups in total. The Morgan fingerprint density at radius 3 is 2.44 bits per heavy atom. The Balaban J connectivity index is 3.72. The summed E-state index contributed by atoms with van der Waals surface area (Å²) >= 11 is -2.58. The van der Waals surface area contributed by atoms with Gasteiger partial charge in [-0.15, -0.1) is 9.60 Å². The maximum atomic E-state index is 11.8. The van der Waals surface area contributed by atoms with Crippen molar-refractivity contribution in [1.82, 2.24) is 5.12 Å². The van der Waals surface area contributed by atoms with Crippen LogP contribution < -0.4 is 0 Å². The molecule has 0 aliphatic rings. The van der Waals surface area contributed by atoms with Crippen LogP contribution in [0.1, 0.15) is 6.92 Å².